The van der Waals surface area contributed by atoms with Gasteiger partial charge < -0.3 is 0 Å². The molecule has 2 nitrogen and oxygen atoms in total. The first kappa shape index (κ1) is 7.86. The highest BCUT2D eigenvalue weighted by Gasteiger charge is 1.82. The number of hydrogen-bond donors (Lipinski definition) is 0. The van der Waals surface area contributed by atoms with Crippen molar-refractivity contribution in [1.29, 1.82) is 5.26 Å². The predicted octanol–water partition coefficient (Wildman–Crippen LogP) is 1.70. The van der Waals surface area contributed by atoms with Gasteiger partial charge in [-0.25, -0.2) is 5.26 Å². The highest BCUT2D eigenvalue weighted by atomic mass is 32.1. The van der Waals surface area contributed by atoms with Crippen LogP contribution in [0.3, 0.4) is 0 Å². The zero-order valence-electron chi connectivity index (χ0n) is 4.65. The van der Waals surface area contributed by atoms with Gasteiger partial charge in [0.15, 0.2) is 6.29 Å². The van der Waals surface area contributed by atoms with Crippen molar-refractivity contribution in [2.75, 3.05) is 0 Å². The van der Waals surface area contributed by atoms with E-state index < -0.39 is 0 Å². The van der Waals surface area contributed by atoms with Crippen LogP contribution in [0.4, 0.5) is 0 Å². The Kier molecular flexibility index (Phi) is 4.37. The highest BCUT2D eigenvalue weighted by Crippen LogP contribution is 2.02. The summed E-state index contributed by atoms with van der Waals surface area (Å²) in [6.07, 6.45) is 0.852. The van der Waals surface area contributed by atoms with Crippen LogP contribution in [0.5, 0.6) is 0 Å². The first-order valence-corrected chi connectivity index (χ1v) is 3.06. The van der Waals surface area contributed by atoms with Gasteiger partial charge in [0.2, 0.25) is 0 Å². The Bertz CT molecular complexity index is 178. The average molecular weight is 139 g/mol. The lowest BCUT2D eigenvalue weighted by Gasteiger charge is -1.66. The summed E-state index contributed by atoms with van der Waals surface area (Å²) in [5, 5.41) is 8.38. The third-order valence-corrected chi connectivity index (χ3v) is 1.46. The van der Waals surface area contributed by atoms with Crippen molar-refractivity contribution in [3.63, 3.8) is 0 Å². The summed E-state index contributed by atoms with van der Waals surface area (Å²) < 4.78 is 0. The van der Waals surface area contributed by atoms with Crippen molar-refractivity contribution in [3.8, 4) is 6.57 Å². The standard InChI is InChI=1S/C5H4OS.CHN/c6-4-5-2-1-3-7-5;1-2/h1-4H;1H. The molecular formula is C6H5NOS. The van der Waals surface area contributed by atoms with Gasteiger partial charge in [-0.15, -0.1) is 11.3 Å². The Hall–Kier alpha value is -1.14. The predicted molar refractivity (Wildman–Crippen MR) is 36.4 cm³/mol. The summed E-state index contributed by atoms with van der Waals surface area (Å²) in [5.41, 5.74) is 0. The molecular weight excluding hydrogens is 134 g/mol. The second-order valence-electron chi connectivity index (χ2n) is 1.13. The van der Waals surface area contributed by atoms with E-state index in [1.54, 1.807) is 6.07 Å². The Morgan fingerprint density at radius 3 is 2.56 bits per heavy atom. The minimum absolute atomic E-state index is 0.792. The van der Waals surface area contributed by atoms with E-state index in [1.165, 1.54) is 11.3 Å². The van der Waals surface area contributed by atoms with Gasteiger partial charge in [0, 0.05) is 6.57 Å². The zero-order valence-corrected chi connectivity index (χ0v) is 5.47. The molecule has 0 bridgehead atoms. The normalized spacial score (nSPS) is 6.89. The van der Waals surface area contributed by atoms with Crippen LogP contribution in [0.15, 0.2) is 17.5 Å². The first-order valence-electron chi connectivity index (χ1n) is 2.18. The minimum atomic E-state index is 0.792. The second-order valence-corrected chi connectivity index (χ2v) is 2.11. The monoisotopic (exact) mass is 139 g/mol. The number of carbonyl (C=O) groups excluding carboxylic acids is 1. The SMILES string of the molecule is C#N.O=Cc1cccs1. The third kappa shape index (κ3) is 2.62. The smallest absolute Gasteiger partial charge is 0.159 e. The molecule has 0 saturated heterocycles. The summed E-state index contributed by atoms with van der Waals surface area (Å²) in [6.45, 7) is 3.50. The molecule has 0 radical (unpaired) electrons. The van der Waals surface area contributed by atoms with Crippen LogP contribution in [0.2, 0.25) is 0 Å². The number of aldehydes is 1. The van der Waals surface area contributed by atoms with Crippen LogP contribution in [0, 0.1) is 11.8 Å². The molecule has 0 unspecified atom stereocenters. The van der Waals surface area contributed by atoms with Gasteiger partial charge >= 0.3 is 0 Å². The van der Waals surface area contributed by atoms with Crippen LogP contribution >= 0.6 is 11.3 Å². The van der Waals surface area contributed by atoms with E-state index in [-0.39, 0.29) is 0 Å². The average Bonchev–Trinajstić information content (AvgIpc) is 2.43. The number of nitriles is 1. The molecule has 1 rings (SSSR count). The fraction of sp³-hybridized carbons (Fsp3) is 0. The Labute approximate surface area is 57.4 Å². The maximum Gasteiger partial charge on any atom is 0.159 e. The lowest BCUT2D eigenvalue weighted by Crippen LogP contribution is -1.61. The lowest BCUT2D eigenvalue weighted by molar-refractivity contribution is 0.112. The number of thiophene rings is 1. The van der Waals surface area contributed by atoms with E-state index in [0.717, 1.165) is 11.2 Å². The Morgan fingerprint density at radius 1 is 1.67 bits per heavy atom. The van der Waals surface area contributed by atoms with Gasteiger partial charge in [0.05, 0.1) is 4.88 Å². The van der Waals surface area contributed by atoms with Crippen LogP contribution in [0.25, 0.3) is 0 Å². The third-order valence-electron chi connectivity index (χ3n) is 0.659. The van der Waals surface area contributed by atoms with Gasteiger partial charge in [0.1, 0.15) is 0 Å². The van der Waals surface area contributed by atoms with Crippen molar-refractivity contribution in [2.45, 2.75) is 0 Å². The first-order chi connectivity index (χ1) is 4.43. The molecule has 0 atom stereocenters. The molecule has 0 saturated carbocycles. The molecule has 46 valence electrons. The molecule has 0 aliphatic rings. The molecule has 3 heteroatoms. The quantitative estimate of drug-likeness (QED) is 0.555. The lowest BCUT2D eigenvalue weighted by atomic mass is 10.5. The van der Waals surface area contributed by atoms with E-state index in [9.17, 15) is 4.79 Å². The maximum atomic E-state index is 9.88. The number of carbonyl (C=O) groups is 1. The largest absolute Gasteiger partial charge is 0.297 e. The topological polar surface area (TPSA) is 40.9 Å². The molecule has 1 aromatic heterocycles. The number of nitrogens with zero attached hydrogens (tertiary/aromatic N) is 1. The van der Waals surface area contributed by atoms with Crippen LogP contribution in [-0.2, 0) is 0 Å². The molecule has 0 aliphatic carbocycles. The van der Waals surface area contributed by atoms with E-state index in [4.69, 9.17) is 5.26 Å². The molecule has 0 N–H and O–H groups in total. The van der Waals surface area contributed by atoms with Crippen LogP contribution in [0.1, 0.15) is 9.67 Å². The van der Waals surface area contributed by atoms with Crippen LogP contribution in [-0.4, -0.2) is 6.29 Å². The van der Waals surface area contributed by atoms with E-state index in [1.807, 2.05) is 11.4 Å². The second kappa shape index (κ2) is 5.01. The van der Waals surface area contributed by atoms with E-state index in [2.05, 4.69) is 6.57 Å². The molecule has 9 heavy (non-hydrogen) atoms. The summed E-state index contributed by atoms with van der Waals surface area (Å²) in [6, 6.07) is 3.64. The Balaban J connectivity index is 0.000000291. The van der Waals surface area contributed by atoms with Crippen LogP contribution < -0.4 is 0 Å². The molecule has 0 aromatic carbocycles. The summed E-state index contributed by atoms with van der Waals surface area (Å²) in [4.78, 5) is 10.7. The Morgan fingerprint density at radius 2 is 2.33 bits per heavy atom. The van der Waals surface area contributed by atoms with Crippen molar-refractivity contribution < 1.29 is 4.79 Å². The van der Waals surface area contributed by atoms with Gasteiger partial charge in [-0.1, -0.05) is 6.07 Å². The molecule has 1 aromatic rings. The summed E-state index contributed by atoms with van der Waals surface area (Å²) >= 11 is 1.45. The molecule has 0 aliphatic heterocycles. The van der Waals surface area contributed by atoms with Gasteiger partial charge in [-0.3, -0.25) is 4.79 Å². The summed E-state index contributed by atoms with van der Waals surface area (Å²) in [5.74, 6) is 0. The fourth-order valence-electron chi connectivity index (χ4n) is 0.358. The highest BCUT2D eigenvalue weighted by molar-refractivity contribution is 7.11. The fourth-order valence-corrected chi connectivity index (χ4v) is 0.885. The van der Waals surface area contributed by atoms with Crippen molar-refractivity contribution in [1.82, 2.24) is 0 Å². The maximum absolute atomic E-state index is 9.88. The van der Waals surface area contributed by atoms with Crippen molar-refractivity contribution >= 4 is 17.6 Å². The molecule has 0 spiro atoms. The van der Waals surface area contributed by atoms with Crippen molar-refractivity contribution in [3.05, 3.63) is 22.4 Å². The number of hydrogen-bond acceptors (Lipinski definition) is 3. The van der Waals surface area contributed by atoms with Crippen molar-refractivity contribution in [2.24, 2.45) is 0 Å². The van der Waals surface area contributed by atoms with Gasteiger partial charge in [-0.2, -0.15) is 0 Å². The zero-order chi connectivity index (χ0) is 7.11. The summed E-state index contributed by atoms with van der Waals surface area (Å²) in [7, 11) is 0. The molecule has 0 amide bonds. The van der Waals surface area contributed by atoms with Gasteiger partial charge in [0.25, 0.3) is 0 Å². The minimum Gasteiger partial charge on any atom is -0.297 e. The van der Waals surface area contributed by atoms with E-state index in [0.29, 0.717) is 0 Å². The molecule has 1 heterocycles. The van der Waals surface area contributed by atoms with Gasteiger partial charge in [-0.05, 0) is 11.4 Å². The molecule has 0 fully saturated rings. The van der Waals surface area contributed by atoms with E-state index >= 15 is 0 Å². The number of rotatable bonds is 1.